The van der Waals surface area contributed by atoms with Gasteiger partial charge in [0.15, 0.2) is 0 Å². The molecule has 0 aromatic carbocycles. The lowest BCUT2D eigenvalue weighted by molar-refractivity contribution is -0.184. The fourth-order valence-electron chi connectivity index (χ4n) is 5.20. The van der Waals surface area contributed by atoms with Crippen LogP contribution < -0.4 is 0 Å². The first-order valence-corrected chi connectivity index (χ1v) is 8.73. The number of fused-ring (bicyclic) bond motifs is 2. The van der Waals surface area contributed by atoms with Gasteiger partial charge in [0.1, 0.15) is 29.5 Å². The number of halogens is 1. The SMILES string of the molecule is C=C1C(=O)OC2C1CC(OC(C)=O)C(C)(O)C13OC1C(Cl)C(C)(O)C23. The molecular formula is C17H21ClO7. The van der Waals surface area contributed by atoms with Crippen LogP contribution in [-0.2, 0) is 23.8 Å². The van der Waals surface area contributed by atoms with Gasteiger partial charge in [-0.25, -0.2) is 4.79 Å². The second-order valence-electron chi connectivity index (χ2n) is 7.92. The van der Waals surface area contributed by atoms with E-state index in [4.69, 9.17) is 25.8 Å². The van der Waals surface area contributed by atoms with Crippen LogP contribution in [0.1, 0.15) is 27.2 Å². The number of rotatable bonds is 1. The van der Waals surface area contributed by atoms with Gasteiger partial charge in [-0.3, -0.25) is 4.79 Å². The lowest BCUT2D eigenvalue weighted by Gasteiger charge is -2.41. The molecule has 4 aliphatic rings. The molecule has 4 rings (SSSR count). The van der Waals surface area contributed by atoms with E-state index in [1.165, 1.54) is 13.8 Å². The van der Waals surface area contributed by atoms with Crippen LogP contribution in [0.5, 0.6) is 0 Å². The lowest BCUT2D eigenvalue weighted by Crippen LogP contribution is -2.59. The van der Waals surface area contributed by atoms with Crippen molar-refractivity contribution in [2.24, 2.45) is 11.8 Å². The number of carbonyl (C=O) groups is 2. The monoisotopic (exact) mass is 372 g/mol. The molecule has 0 bridgehead atoms. The quantitative estimate of drug-likeness (QED) is 0.295. The summed E-state index contributed by atoms with van der Waals surface area (Å²) in [6, 6.07) is 0. The normalized spacial score (nSPS) is 56.4. The van der Waals surface area contributed by atoms with Crippen molar-refractivity contribution in [2.75, 3.05) is 0 Å². The summed E-state index contributed by atoms with van der Waals surface area (Å²) in [4.78, 5) is 23.7. The van der Waals surface area contributed by atoms with Gasteiger partial charge in [-0.1, -0.05) is 6.58 Å². The van der Waals surface area contributed by atoms with E-state index < -0.39 is 64.3 Å². The molecule has 0 amide bonds. The molecule has 2 N–H and O–H groups in total. The zero-order valence-corrected chi connectivity index (χ0v) is 14.9. The van der Waals surface area contributed by atoms with E-state index in [0.29, 0.717) is 0 Å². The molecule has 2 saturated heterocycles. The first-order valence-electron chi connectivity index (χ1n) is 8.30. The molecule has 2 saturated carbocycles. The average Bonchev–Trinajstić information content (AvgIpc) is 3.14. The van der Waals surface area contributed by atoms with Crippen molar-refractivity contribution in [1.82, 2.24) is 0 Å². The maximum Gasteiger partial charge on any atom is 0.334 e. The molecule has 2 heterocycles. The van der Waals surface area contributed by atoms with Gasteiger partial charge < -0.3 is 24.4 Å². The predicted molar refractivity (Wildman–Crippen MR) is 84.7 cm³/mol. The van der Waals surface area contributed by atoms with Crippen LogP contribution in [0.25, 0.3) is 0 Å². The maximum absolute atomic E-state index is 12.1. The van der Waals surface area contributed by atoms with Crippen molar-refractivity contribution in [3.8, 4) is 0 Å². The van der Waals surface area contributed by atoms with Crippen molar-refractivity contribution < 1.29 is 34.0 Å². The Bertz CT molecular complexity index is 686. The van der Waals surface area contributed by atoms with E-state index in [9.17, 15) is 19.8 Å². The van der Waals surface area contributed by atoms with Crippen LogP contribution in [0, 0.1) is 11.8 Å². The van der Waals surface area contributed by atoms with E-state index in [2.05, 4.69) is 6.58 Å². The predicted octanol–water partition coefficient (Wildman–Crippen LogP) is 0.296. The summed E-state index contributed by atoms with van der Waals surface area (Å²) in [7, 11) is 0. The summed E-state index contributed by atoms with van der Waals surface area (Å²) >= 11 is 6.41. The molecular weight excluding hydrogens is 352 g/mol. The number of carbonyl (C=O) groups excluding carboxylic acids is 2. The lowest BCUT2D eigenvalue weighted by atomic mass is 9.72. The van der Waals surface area contributed by atoms with Crippen molar-refractivity contribution in [3.05, 3.63) is 12.2 Å². The molecule has 2 aliphatic carbocycles. The van der Waals surface area contributed by atoms with Crippen molar-refractivity contribution >= 4 is 23.5 Å². The zero-order valence-electron chi connectivity index (χ0n) is 14.2. The Morgan fingerprint density at radius 3 is 2.64 bits per heavy atom. The van der Waals surface area contributed by atoms with Gasteiger partial charge in [0.2, 0.25) is 0 Å². The minimum absolute atomic E-state index is 0.152. The van der Waals surface area contributed by atoms with E-state index in [-0.39, 0.29) is 12.0 Å². The zero-order chi connectivity index (χ0) is 18.5. The van der Waals surface area contributed by atoms with Gasteiger partial charge in [0, 0.05) is 18.4 Å². The number of epoxide rings is 1. The highest BCUT2D eigenvalue weighted by molar-refractivity contribution is 6.22. The summed E-state index contributed by atoms with van der Waals surface area (Å²) in [5.74, 6) is -2.39. The third-order valence-corrected chi connectivity index (χ3v) is 7.15. The maximum atomic E-state index is 12.1. The fourth-order valence-corrected chi connectivity index (χ4v) is 5.57. The van der Waals surface area contributed by atoms with Crippen LogP contribution in [-0.4, -0.2) is 62.6 Å². The van der Waals surface area contributed by atoms with E-state index in [0.717, 1.165) is 0 Å². The van der Waals surface area contributed by atoms with Crippen LogP contribution >= 0.6 is 11.6 Å². The Morgan fingerprint density at radius 2 is 2.04 bits per heavy atom. The minimum atomic E-state index is -1.61. The second-order valence-corrected chi connectivity index (χ2v) is 8.39. The largest absolute Gasteiger partial charge is 0.459 e. The van der Waals surface area contributed by atoms with Gasteiger partial charge in [-0.15, -0.1) is 11.6 Å². The summed E-state index contributed by atoms with van der Waals surface area (Å²) in [6.45, 7) is 8.11. The van der Waals surface area contributed by atoms with Gasteiger partial charge in [-0.2, -0.15) is 0 Å². The highest BCUT2D eigenvalue weighted by Crippen LogP contribution is 2.69. The average molecular weight is 373 g/mol. The van der Waals surface area contributed by atoms with E-state index in [1.54, 1.807) is 6.92 Å². The molecule has 0 aromatic rings. The topological polar surface area (TPSA) is 106 Å². The van der Waals surface area contributed by atoms with Crippen LogP contribution in [0.4, 0.5) is 0 Å². The smallest absolute Gasteiger partial charge is 0.334 e. The molecule has 0 aromatic heterocycles. The summed E-state index contributed by atoms with van der Waals surface area (Å²) in [6.07, 6.45) is -2.18. The van der Waals surface area contributed by atoms with Crippen LogP contribution in [0.2, 0.25) is 0 Å². The number of hydrogen-bond donors (Lipinski definition) is 2. The summed E-state index contributed by atoms with van der Waals surface area (Å²) < 4.78 is 16.7. The Morgan fingerprint density at radius 1 is 1.40 bits per heavy atom. The Kier molecular flexibility index (Phi) is 3.29. The van der Waals surface area contributed by atoms with Crippen LogP contribution in [0.15, 0.2) is 12.2 Å². The number of alkyl halides is 1. The van der Waals surface area contributed by atoms with E-state index >= 15 is 0 Å². The number of aliphatic hydroxyl groups is 2. The first kappa shape index (κ1) is 17.3. The molecule has 2 aliphatic heterocycles. The van der Waals surface area contributed by atoms with Gasteiger partial charge in [-0.05, 0) is 20.3 Å². The van der Waals surface area contributed by atoms with Crippen LogP contribution in [0.3, 0.4) is 0 Å². The molecule has 1 spiro atoms. The molecule has 9 atom stereocenters. The van der Waals surface area contributed by atoms with Crippen molar-refractivity contribution in [3.63, 3.8) is 0 Å². The van der Waals surface area contributed by atoms with Gasteiger partial charge in [0.25, 0.3) is 0 Å². The number of esters is 2. The summed E-state index contributed by atoms with van der Waals surface area (Å²) in [5.41, 5.74) is -4.07. The summed E-state index contributed by atoms with van der Waals surface area (Å²) in [5, 5.41) is 21.6. The standard InChI is InChI=1S/C17H21ClO7/c1-6-8-5-9(23-7(2)19)16(4,22)17-11(10(8)24-14(6)20)15(3,21)12(18)13(17)25-17/h8-13,21-22H,1,5H2,2-4H3. The third kappa shape index (κ3) is 1.87. The molecule has 8 heteroatoms. The molecule has 25 heavy (non-hydrogen) atoms. The highest BCUT2D eigenvalue weighted by Gasteiger charge is 2.87. The van der Waals surface area contributed by atoms with E-state index in [1.807, 2.05) is 0 Å². The fraction of sp³-hybridized carbons (Fsp3) is 0.765. The first-order chi connectivity index (χ1) is 11.5. The molecule has 9 unspecified atom stereocenters. The highest BCUT2D eigenvalue weighted by atomic mass is 35.5. The number of ether oxygens (including phenoxy) is 3. The Balaban J connectivity index is 1.88. The number of hydrogen-bond acceptors (Lipinski definition) is 7. The van der Waals surface area contributed by atoms with Crippen molar-refractivity contribution in [1.29, 1.82) is 0 Å². The Hall–Kier alpha value is -1.15. The third-order valence-electron chi connectivity index (χ3n) is 6.48. The second kappa shape index (κ2) is 4.76. The minimum Gasteiger partial charge on any atom is -0.459 e. The van der Waals surface area contributed by atoms with Crippen molar-refractivity contribution in [2.45, 2.75) is 67.7 Å². The molecule has 0 radical (unpaired) electrons. The molecule has 7 nitrogen and oxygen atoms in total. The molecule has 4 fully saturated rings. The Labute approximate surface area is 149 Å². The van der Waals surface area contributed by atoms with Gasteiger partial charge in [0.05, 0.1) is 16.9 Å². The van der Waals surface area contributed by atoms with Gasteiger partial charge >= 0.3 is 11.9 Å². The molecule has 138 valence electrons.